The molecule has 0 amide bonds. The van der Waals surface area contributed by atoms with Gasteiger partial charge in [-0.2, -0.15) is 0 Å². The van der Waals surface area contributed by atoms with E-state index in [2.05, 4.69) is 15.0 Å². The van der Waals surface area contributed by atoms with Crippen molar-refractivity contribution in [2.75, 3.05) is 32.0 Å². The molecule has 0 saturated carbocycles. The fraction of sp³-hybridized carbons (Fsp3) is 0.706. The van der Waals surface area contributed by atoms with Crippen molar-refractivity contribution in [1.82, 2.24) is 19.5 Å². The first-order chi connectivity index (χ1) is 17.3. The summed E-state index contributed by atoms with van der Waals surface area (Å²) >= 11 is 0. The van der Waals surface area contributed by atoms with E-state index >= 15 is 0 Å². The summed E-state index contributed by atoms with van der Waals surface area (Å²) in [5.74, 6) is -1.26. The molecule has 0 bridgehead atoms. The van der Waals surface area contributed by atoms with Gasteiger partial charge in [-0.15, -0.1) is 0 Å². The topological polar surface area (TPSA) is 271 Å². The Morgan fingerprint density at radius 3 is 2.19 bits per heavy atom. The van der Waals surface area contributed by atoms with Gasteiger partial charge in [-0.1, -0.05) is 0 Å². The third kappa shape index (κ3) is 6.02. The second-order valence-corrected chi connectivity index (χ2v) is 12.6. The summed E-state index contributed by atoms with van der Waals surface area (Å²) < 4.78 is 51.1. The van der Waals surface area contributed by atoms with E-state index in [0.717, 1.165) is 0 Å². The van der Waals surface area contributed by atoms with Gasteiger partial charge >= 0.3 is 15.2 Å². The Morgan fingerprint density at radius 1 is 0.973 bits per heavy atom. The van der Waals surface area contributed by atoms with Crippen LogP contribution in [0.4, 0.5) is 5.82 Å². The first-order valence-electron chi connectivity index (χ1n) is 10.8. The van der Waals surface area contributed by atoms with Crippen molar-refractivity contribution in [2.45, 2.75) is 49.1 Å². The maximum absolute atomic E-state index is 12.4. The normalized spacial score (nSPS) is 35.5. The smallest absolute Gasteiger partial charge is 0.340 e. The predicted octanol–water partition coefficient (Wildman–Crippen LogP) is -2.52. The van der Waals surface area contributed by atoms with Gasteiger partial charge in [-0.3, -0.25) is 13.7 Å². The molecule has 2 aromatic rings. The number of methoxy groups -OCH3 is 1. The number of aliphatic hydroxyl groups excluding tert-OH is 4. The molecule has 2 aromatic heterocycles. The first-order valence-corrected chi connectivity index (χ1v) is 14.3. The van der Waals surface area contributed by atoms with Crippen LogP contribution in [0.15, 0.2) is 12.7 Å². The highest BCUT2D eigenvalue weighted by Crippen LogP contribution is 2.58. The lowest BCUT2D eigenvalue weighted by atomic mass is 10.1. The Hall–Kier alpha value is -1.63. The molecule has 2 fully saturated rings. The lowest BCUT2D eigenvalue weighted by Gasteiger charge is -2.21. The van der Waals surface area contributed by atoms with Crippen LogP contribution in [0.3, 0.4) is 0 Å². The molecule has 2 unspecified atom stereocenters. The second kappa shape index (κ2) is 10.9. The number of anilines is 1. The molecule has 8 N–H and O–H groups in total. The van der Waals surface area contributed by atoms with Gasteiger partial charge in [0.25, 0.3) is 0 Å². The number of aliphatic hydroxyl groups is 4. The zero-order chi connectivity index (χ0) is 27.1. The number of nitrogens with two attached hydrogens (primary N) is 1. The summed E-state index contributed by atoms with van der Waals surface area (Å²) in [4.78, 5) is 32.0. The summed E-state index contributed by atoms with van der Waals surface area (Å²) in [5, 5.41) is 40.4. The molecule has 0 aliphatic carbocycles. The van der Waals surface area contributed by atoms with Crippen LogP contribution in [0.1, 0.15) is 6.23 Å². The van der Waals surface area contributed by atoms with E-state index < -0.39 is 83.5 Å². The zero-order valence-corrected chi connectivity index (χ0v) is 21.0. The van der Waals surface area contributed by atoms with Crippen molar-refractivity contribution >= 4 is 32.2 Å². The van der Waals surface area contributed by atoms with E-state index in [1.165, 1.54) is 24.3 Å². The minimum Gasteiger partial charge on any atom is -0.387 e. The highest BCUT2D eigenvalue weighted by Gasteiger charge is 2.47. The van der Waals surface area contributed by atoms with E-state index in [1.54, 1.807) is 0 Å². The molecule has 20 heteroatoms. The van der Waals surface area contributed by atoms with Crippen LogP contribution in [0.25, 0.3) is 11.2 Å². The molecular weight excluding hydrogens is 544 g/mol. The summed E-state index contributed by atoms with van der Waals surface area (Å²) in [6.07, 6.45) is -8.41. The third-order valence-electron chi connectivity index (χ3n) is 5.82. The lowest BCUT2D eigenvalue weighted by molar-refractivity contribution is -0.139. The van der Waals surface area contributed by atoms with Crippen LogP contribution in [0, 0.1) is 0 Å². The van der Waals surface area contributed by atoms with Gasteiger partial charge in [0.1, 0.15) is 48.5 Å². The molecule has 0 spiro atoms. The van der Waals surface area contributed by atoms with E-state index in [0.29, 0.717) is 0 Å². The highest BCUT2D eigenvalue weighted by atomic mass is 31.2. The maximum Gasteiger partial charge on any atom is 0.340 e. The molecular formula is C17H27N5O13P2. The minimum atomic E-state index is -4.79. The summed E-state index contributed by atoms with van der Waals surface area (Å²) in [7, 11) is -8.33. The third-order valence-corrected chi connectivity index (χ3v) is 9.79. The van der Waals surface area contributed by atoms with Crippen molar-refractivity contribution in [3.8, 4) is 0 Å². The Labute approximate surface area is 208 Å². The average molecular weight is 571 g/mol. The lowest BCUT2D eigenvalue weighted by Crippen LogP contribution is -2.35. The zero-order valence-electron chi connectivity index (χ0n) is 19.2. The van der Waals surface area contributed by atoms with Crippen molar-refractivity contribution in [2.24, 2.45) is 0 Å². The minimum absolute atomic E-state index is 0.0808. The predicted molar refractivity (Wildman–Crippen MR) is 120 cm³/mol. The van der Waals surface area contributed by atoms with Crippen LogP contribution in [-0.2, 0) is 32.4 Å². The maximum atomic E-state index is 12.4. The number of imidazole rings is 1. The van der Waals surface area contributed by atoms with Gasteiger partial charge in [-0.25, -0.2) is 15.0 Å². The molecule has 2 saturated heterocycles. The molecule has 4 heterocycles. The molecule has 2 aliphatic heterocycles. The van der Waals surface area contributed by atoms with Crippen molar-refractivity contribution in [3.63, 3.8) is 0 Å². The highest BCUT2D eigenvalue weighted by molar-refractivity contribution is 7.70. The fourth-order valence-electron chi connectivity index (χ4n) is 3.95. The SMILES string of the molecule is CO[C@@H]1[C@H](O)[C@@H](COP(=O)(O)CP(=O)(O)OC[C@H]2O[C@@H](n3cnc4c(N)ncnc43)[C@H](O)[C@@H]2O)O[C@H]1O. The monoisotopic (exact) mass is 571 g/mol. The quantitative estimate of drug-likeness (QED) is 0.145. The van der Waals surface area contributed by atoms with E-state index in [-0.39, 0.29) is 17.0 Å². The van der Waals surface area contributed by atoms with Crippen molar-refractivity contribution in [3.05, 3.63) is 12.7 Å². The van der Waals surface area contributed by atoms with E-state index in [4.69, 9.17) is 29.0 Å². The van der Waals surface area contributed by atoms with E-state index in [1.807, 2.05) is 0 Å². The molecule has 37 heavy (non-hydrogen) atoms. The number of hydrogen-bond donors (Lipinski definition) is 7. The van der Waals surface area contributed by atoms with Gasteiger partial charge in [0.05, 0.1) is 19.5 Å². The van der Waals surface area contributed by atoms with Gasteiger partial charge in [0, 0.05) is 7.11 Å². The van der Waals surface area contributed by atoms with E-state index in [9.17, 15) is 39.3 Å². The van der Waals surface area contributed by atoms with Crippen molar-refractivity contribution < 1.29 is 62.6 Å². The molecule has 10 atom stereocenters. The van der Waals surface area contributed by atoms with Gasteiger partial charge in [0.15, 0.2) is 29.9 Å². The van der Waals surface area contributed by atoms with Crippen LogP contribution in [-0.4, -0.2) is 119 Å². The number of hydrogen-bond acceptors (Lipinski definition) is 15. The first kappa shape index (κ1) is 28.4. The van der Waals surface area contributed by atoms with Crippen LogP contribution in [0.5, 0.6) is 0 Å². The van der Waals surface area contributed by atoms with Crippen LogP contribution in [0.2, 0.25) is 0 Å². The fourth-order valence-corrected chi connectivity index (χ4v) is 7.17. The molecule has 4 rings (SSSR count). The molecule has 0 aromatic carbocycles. The number of rotatable bonds is 10. The molecule has 18 nitrogen and oxygen atoms in total. The average Bonchev–Trinajstić information content (AvgIpc) is 3.45. The van der Waals surface area contributed by atoms with Gasteiger partial charge in [-0.05, 0) is 0 Å². The molecule has 2 aliphatic rings. The number of nitrogen functional groups attached to an aromatic ring is 1. The summed E-state index contributed by atoms with van der Waals surface area (Å²) in [6.45, 7) is -1.43. The standard InChI is InChI=1S/C17H27N5O13P2/c1-31-13-11(24)8(35-17(13)26)3-33-37(29,30)6-36(27,28)32-2-7-10(23)12(25)16(34-7)22-5-21-9-14(18)19-4-20-15(9)22/h4-5,7-8,10-13,16-17,23-26H,2-3,6H2,1H3,(H,27,28)(H,29,30)(H2,18,19,20)/t7-,8-,10-,11-,12-,13-,16-,17-/m1/s1. The van der Waals surface area contributed by atoms with Crippen LogP contribution < -0.4 is 5.73 Å². The molecule has 208 valence electrons. The van der Waals surface area contributed by atoms with Crippen molar-refractivity contribution in [1.29, 1.82) is 0 Å². The largest absolute Gasteiger partial charge is 0.387 e. The van der Waals surface area contributed by atoms with Gasteiger partial charge < -0.3 is 59.2 Å². The number of fused-ring (bicyclic) bond motifs is 1. The number of aromatic nitrogens is 4. The molecule has 0 radical (unpaired) electrons. The Kier molecular flexibility index (Phi) is 8.33. The van der Waals surface area contributed by atoms with Gasteiger partial charge in [0.2, 0.25) is 0 Å². The number of ether oxygens (including phenoxy) is 3. The Bertz CT molecular complexity index is 1200. The summed E-state index contributed by atoms with van der Waals surface area (Å²) in [5.41, 5.74) is 6.17. The Balaban J connectivity index is 1.33. The second-order valence-electron chi connectivity index (χ2n) is 8.39. The van der Waals surface area contributed by atoms with Crippen LogP contribution >= 0.6 is 15.2 Å². The Morgan fingerprint density at radius 2 is 1.59 bits per heavy atom. The number of nitrogens with zero attached hydrogens (tertiary/aromatic N) is 4. The summed E-state index contributed by atoms with van der Waals surface area (Å²) in [6, 6.07) is 0.